The number of allylic oxidation sites excluding steroid dienone is 1. The molecule has 0 bridgehead atoms. The van der Waals surface area contributed by atoms with Crippen LogP contribution >= 0.6 is 0 Å². The average molecular weight is 412 g/mol. The molecule has 0 radical (unpaired) electrons. The van der Waals surface area contributed by atoms with E-state index in [1.807, 2.05) is 13.0 Å². The van der Waals surface area contributed by atoms with E-state index in [-0.39, 0.29) is 0 Å². The minimum Gasteiger partial charge on any atom is -0.493 e. The van der Waals surface area contributed by atoms with Crippen LogP contribution in [-0.2, 0) is 4.74 Å². The topological polar surface area (TPSA) is 66.8 Å². The van der Waals surface area contributed by atoms with Crippen molar-refractivity contribution in [2.24, 2.45) is 0 Å². The molecule has 2 fully saturated rings. The molecule has 2 aliphatic heterocycles. The quantitative estimate of drug-likeness (QED) is 0.540. The van der Waals surface area contributed by atoms with E-state index in [0.717, 1.165) is 49.5 Å². The number of nitriles is 1. The number of fused-ring (bicyclic) bond motifs is 3. The van der Waals surface area contributed by atoms with E-state index in [1.165, 1.54) is 31.2 Å². The maximum absolute atomic E-state index is 9.91. The highest BCUT2D eigenvalue weighted by atomic mass is 16.5. The van der Waals surface area contributed by atoms with Crippen LogP contribution in [0.5, 0.6) is 11.5 Å². The van der Waals surface area contributed by atoms with Crippen molar-refractivity contribution in [3.05, 3.63) is 29.0 Å². The second kappa shape index (κ2) is 9.61. The van der Waals surface area contributed by atoms with Crippen LogP contribution in [-0.4, -0.2) is 50.9 Å². The Hall–Kier alpha value is -2.39. The summed E-state index contributed by atoms with van der Waals surface area (Å²) in [6.45, 7) is 6.23. The summed E-state index contributed by atoms with van der Waals surface area (Å²) in [4.78, 5) is 2.40. The largest absolute Gasteiger partial charge is 0.493 e. The number of benzene rings is 1. The van der Waals surface area contributed by atoms with E-state index in [0.29, 0.717) is 36.7 Å². The molecule has 0 aromatic heterocycles. The summed E-state index contributed by atoms with van der Waals surface area (Å²) in [5.74, 6) is 2.27. The van der Waals surface area contributed by atoms with Gasteiger partial charge < -0.3 is 19.5 Å². The molecule has 0 spiro atoms. The van der Waals surface area contributed by atoms with Crippen LogP contribution in [0.1, 0.15) is 62.5 Å². The average Bonchev–Trinajstić information content (AvgIpc) is 3.30. The van der Waals surface area contributed by atoms with Crippen LogP contribution in [0.4, 0.5) is 0 Å². The van der Waals surface area contributed by atoms with E-state index in [1.54, 1.807) is 7.11 Å². The van der Waals surface area contributed by atoms with Gasteiger partial charge in [-0.25, -0.2) is 0 Å². The molecular formula is C24H33N3O3. The Morgan fingerprint density at radius 1 is 1.17 bits per heavy atom. The summed E-state index contributed by atoms with van der Waals surface area (Å²) >= 11 is 0. The number of ether oxygens (including phenoxy) is 3. The van der Waals surface area contributed by atoms with E-state index in [2.05, 4.69) is 22.4 Å². The molecule has 1 aromatic carbocycles. The number of nitrogens with one attached hydrogen (secondary N) is 1. The van der Waals surface area contributed by atoms with Crippen molar-refractivity contribution in [3.63, 3.8) is 0 Å². The zero-order valence-corrected chi connectivity index (χ0v) is 18.2. The zero-order valence-electron chi connectivity index (χ0n) is 18.2. The van der Waals surface area contributed by atoms with Gasteiger partial charge in [-0.1, -0.05) is 12.8 Å². The molecule has 1 saturated heterocycles. The van der Waals surface area contributed by atoms with Crippen LogP contribution in [0.2, 0.25) is 0 Å². The Balaban J connectivity index is 1.68. The lowest BCUT2D eigenvalue weighted by Gasteiger charge is -2.40. The van der Waals surface area contributed by atoms with Gasteiger partial charge in [-0.05, 0) is 63.4 Å². The van der Waals surface area contributed by atoms with Gasteiger partial charge in [0.25, 0.3) is 0 Å². The molecule has 4 rings (SSSR count). The van der Waals surface area contributed by atoms with Gasteiger partial charge in [-0.2, -0.15) is 5.26 Å². The first-order valence-electron chi connectivity index (χ1n) is 11.4. The van der Waals surface area contributed by atoms with Gasteiger partial charge in [-0.3, -0.25) is 4.90 Å². The normalized spacial score (nSPS) is 24.8. The summed E-state index contributed by atoms with van der Waals surface area (Å²) in [6.07, 6.45) is 7.21. The fourth-order valence-electron chi connectivity index (χ4n) is 5.10. The predicted molar refractivity (Wildman–Crippen MR) is 116 cm³/mol. The molecule has 1 aromatic rings. The molecule has 2 unspecified atom stereocenters. The SMILES string of the molecule is CCOc1cc2c(cc1OC)C(=C(C#N)OCCN1CCCC1)NC1CCCCC21. The second-order valence-corrected chi connectivity index (χ2v) is 8.38. The lowest BCUT2D eigenvalue weighted by molar-refractivity contribution is 0.181. The maximum atomic E-state index is 9.91. The molecule has 3 aliphatic rings. The fraction of sp³-hybridized carbons (Fsp3) is 0.625. The first-order valence-corrected chi connectivity index (χ1v) is 11.4. The molecule has 0 amide bonds. The Morgan fingerprint density at radius 2 is 1.97 bits per heavy atom. The lowest BCUT2D eigenvalue weighted by Crippen LogP contribution is -2.41. The van der Waals surface area contributed by atoms with Crippen molar-refractivity contribution >= 4 is 5.70 Å². The van der Waals surface area contributed by atoms with Crippen molar-refractivity contribution in [2.45, 2.75) is 57.4 Å². The highest BCUT2D eigenvalue weighted by molar-refractivity contribution is 5.76. The van der Waals surface area contributed by atoms with Crippen molar-refractivity contribution in [1.29, 1.82) is 5.26 Å². The maximum Gasteiger partial charge on any atom is 0.221 e. The van der Waals surface area contributed by atoms with Crippen LogP contribution in [0.3, 0.4) is 0 Å². The standard InChI is InChI=1S/C24H33N3O3/c1-3-29-22-14-18-17-8-4-5-9-20(17)26-24(19(18)15-21(22)28-2)23(16-25)30-13-12-27-10-6-7-11-27/h14-15,17,20,26H,3-13H2,1-2H3. The van der Waals surface area contributed by atoms with Crippen LogP contribution in [0.15, 0.2) is 17.9 Å². The first kappa shape index (κ1) is 20.9. The summed E-state index contributed by atoms with van der Waals surface area (Å²) in [5, 5.41) is 13.6. The van der Waals surface area contributed by atoms with Gasteiger partial charge >= 0.3 is 0 Å². The van der Waals surface area contributed by atoms with Crippen LogP contribution in [0.25, 0.3) is 5.70 Å². The Kier molecular flexibility index (Phi) is 6.69. The molecule has 6 nitrogen and oxygen atoms in total. The highest BCUT2D eigenvalue weighted by Gasteiger charge is 2.36. The molecule has 30 heavy (non-hydrogen) atoms. The summed E-state index contributed by atoms with van der Waals surface area (Å²) in [5.41, 5.74) is 3.06. The Bertz CT molecular complexity index is 824. The molecule has 2 atom stereocenters. The number of hydrogen-bond donors (Lipinski definition) is 1. The lowest BCUT2D eigenvalue weighted by atomic mass is 9.75. The van der Waals surface area contributed by atoms with Gasteiger partial charge in [0.05, 0.1) is 19.4 Å². The summed E-state index contributed by atoms with van der Waals surface area (Å²) in [7, 11) is 1.66. The third-order valence-electron chi connectivity index (χ3n) is 6.58. The van der Waals surface area contributed by atoms with E-state index >= 15 is 0 Å². The van der Waals surface area contributed by atoms with Gasteiger partial charge in [0.2, 0.25) is 5.76 Å². The molecule has 1 N–H and O–H groups in total. The third kappa shape index (κ3) is 4.22. The van der Waals surface area contributed by atoms with Crippen molar-refractivity contribution in [2.75, 3.05) is 40.0 Å². The van der Waals surface area contributed by atoms with Gasteiger partial charge in [-0.15, -0.1) is 0 Å². The summed E-state index contributed by atoms with van der Waals surface area (Å²) in [6, 6.07) is 6.78. The minimum atomic E-state index is 0.328. The van der Waals surface area contributed by atoms with E-state index < -0.39 is 0 Å². The molecule has 6 heteroatoms. The van der Waals surface area contributed by atoms with Crippen molar-refractivity contribution < 1.29 is 14.2 Å². The van der Waals surface area contributed by atoms with Gasteiger partial charge in [0, 0.05) is 24.1 Å². The Morgan fingerprint density at radius 3 is 2.70 bits per heavy atom. The number of likely N-dealkylation sites (tertiary alicyclic amines) is 1. The molecular weight excluding hydrogens is 378 g/mol. The van der Waals surface area contributed by atoms with Gasteiger partial charge in [0.15, 0.2) is 11.5 Å². The molecule has 162 valence electrons. The van der Waals surface area contributed by atoms with E-state index in [9.17, 15) is 5.26 Å². The van der Waals surface area contributed by atoms with Gasteiger partial charge in [0.1, 0.15) is 12.7 Å². The molecule has 1 aliphatic carbocycles. The monoisotopic (exact) mass is 411 g/mol. The summed E-state index contributed by atoms with van der Waals surface area (Å²) < 4.78 is 17.5. The van der Waals surface area contributed by atoms with Crippen LogP contribution in [0, 0.1) is 11.3 Å². The van der Waals surface area contributed by atoms with Crippen LogP contribution < -0.4 is 14.8 Å². The second-order valence-electron chi connectivity index (χ2n) is 8.38. The minimum absolute atomic E-state index is 0.328. The number of methoxy groups -OCH3 is 1. The zero-order chi connectivity index (χ0) is 20.9. The fourth-order valence-corrected chi connectivity index (χ4v) is 5.10. The predicted octanol–water partition coefficient (Wildman–Crippen LogP) is 4.03. The third-order valence-corrected chi connectivity index (χ3v) is 6.58. The number of hydrogen-bond acceptors (Lipinski definition) is 6. The molecule has 1 saturated carbocycles. The smallest absolute Gasteiger partial charge is 0.221 e. The number of nitrogens with zero attached hydrogens (tertiary/aromatic N) is 2. The molecule has 2 heterocycles. The highest BCUT2D eigenvalue weighted by Crippen LogP contribution is 2.45. The van der Waals surface area contributed by atoms with E-state index in [4.69, 9.17) is 14.2 Å². The van der Waals surface area contributed by atoms with Crippen molar-refractivity contribution in [3.8, 4) is 17.6 Å². The van der Waals surface area contributed by atoms with Crippen molar-refractivity contribution in [1.82, 2.24) is 10.2 Å². The Labute approximate surface area is 179 Å². The first-order chi connectivity index (χ1) is 14.7. The number of rotatable bonds is 7.